The van der Waals surface area contributed by atoms with Crippen LogP contribution in [0.5, 0.6) is 0 Å². The number of nitrogens with zero attached hydrogens (tertiary/aromatic N) is 2. The van der Waals surface area contributed by atoms with Gasteiger partial charge in [0.1, 0.15) is 5.82 Å². The van der Waals surface area contributed by atoms with E-state index < -0.39 is 0 Å². The molecule has 0 saturated carbocycles. The molecule has 0 aromatic carbocycles. The van der Waals surface area contributed by atoms with E-state index in [1.54, 1.807) is 18.3 Å². The molecule has 0 fully saturated rings. The van der Waals surface area contributed by atoms with Crippen molar-refractivity contribution in [1.82, 2.24) is 4.98 Å². The van der Waals surface area contributed by atoms with Crippen LogP contribution in [0.3, 0.4) is 0 Å². The maximum atomic E-state index is 5.33. The number of nitrogen functional groups attached to an aromatic ring is 1. The summed E-state index contributed by atoms with van der Waals surface area (Å²) >= 11 is 4.19. The number of aliphatic imine (C=N–C) groups is 1. The van der Waals surface area contributed by atoms with Gasteiger partial charge in [0.2, 0.25) is 0 Å². The zero-order valence-corrected chi connectivity index (χ0v) is 11.7. The Bertz CT molecular complexity index is 501. The molecule has 4 N–H and O–H groups in total. The number of hydrogen-bond acceptors (Lipinski definition) is 4. The van der Waals surface area contributed by atoms with Crippen molar-refractivity contribution in [3.8, 4) is 0 Å². The molecule has 1 atom stereocenters. The first-order chi connectivity index (χ1) is 9.11. The van der Waals surface area contributed by atoms with Gasteiger partial charge in [-0.3, -0.25) is 0 Å². The van der Waals surface area contributed by atoms with Crippen molar-refractivity contribution < 1.29 is 0 Å². The van der Waals surface area contributed by atoms with Crippen molar-refractivity contribution in [2.24, 2.45) is 16.6 Å². The summed E-state index contributed by atoms with van der Waals surface area (Å²) in [5.74, 6) is 1.03. The van der Waals surface area contributed by atoms with Gasteiger partial charge in [0.25, 0.3) is 0 Å². The number of pyridine rings is 1. The van der Waals surface area contributed by atoms with Crippen LogP contribution in [0.4, 0.5) is 11.5 Å². The number of rotatable bonds is 1. The maximum absolute atomic E-state index is 5.33. The van der Waals surface area contributed by atoms with Crippen LogP contribution in [-0.2, 0) is 0 Å². The molecule has 0 amide bonds. The second-order valence-corrected chi connectivity index (χ2v) is 4.43. The summed E-state index contributed by atoms with van der Waals surface area (Å²) in [5.41, 5.74) is 11.1. The molecule has 19 heavy (non-hydrogen) atoms. The van der Waals surface area contributed by atoms with Crippen molar-refractivity contribution in [3.63, 3.8) is 0 Å². The Morgan fingerprint density at radius 2 is 2.16 bits per heavy atom. The minimum Gasteiger partial charge on any atom is -0.390 e. The smallest absolute Gasteiger partial charge is 0.123 e. The van der Waals surface area contributed by atoms with Gasteiger partial charge in [0.05, 0.1) is 18.2 Å². The minimum absolute atomic E-state index is 0.482. The second kappa shape index (κ2) is 8.16. The monoisotopic (exact) mass is 274 g/mol. The number of nitrogens with two attached hydrogens (primary N) is 2. The molecule has 0 radical (unpaired) electrons. The molecule has 1 aromatic heterocycles. The Kier molecular flexibility index (Phi) is 6.46. The standard InChI is InChI=1S/C8H10S.C6H8N4/c1-7-3-2-4-8(9)6-5-7;7-4-10-5-1-2-6(8)9-3-5/h2-7,9H,1H3;1-4H,(H2,7,10)(H2,8,9). The Morgan fingerprint density at radius 3 is 2.79 bits per heavy atom. The third-order valence-corrected chi connectivity index (χ3v) is 2.54. The summed E-state index contributed by atoms with van der Waals surface area (Å²) in [4.78, 5) is 8.61. The van der Waals surface area contributed by atoms with E-state index in [4.69, 9.17) is 11.5 Å². The highest BCUT2D eigenvalue weighted by molar-refractivity contribution is 7.84. The van der Waals surface area contributed by atoms with Gasteiger partial charge in [0.15, 0.2) is 0 Å². The zero-order valence-electron chi connectivity index (χ0n) is 10.8. The molecular weight excluding hydrogens is 256 g/mol. The summed E-state index contributed by atoms with van der Waals surface area (Å²) in [6.07, 6.45) is 13.1. The third kappa shape index (κ3) is 6.47. The fourth-order valence-electron chi connectivity index (χ4n) is 1.26. The highest BCUT2D eigenvalue weighted by atomic mass is 32.1. The van der Waals surface area contributed by atoms with Crippen molar-refractivity contribution in [2.45, 2.75) is 6.92 Å². The quantitative estimate of drug-likeness (QED) is 0.418. The van der Waals surface area contributed by atoms with Crippen LogP contribution in [-0.4, -0.2) is 11.3 Å². The summed E-state index contributed by atoms with van der Waals surface area (Å²) in [7, 11) is 0. The predicted octanol–water partition coefficient (Wildman–Crippen LogP) is 2.84. The van der Waals surface area contributed by atoms with E-state index in [9.17, 15) is 0 Å². The van der Waals surface area contributed by atoms with Crippen molar-refractivity contribution >= 4 is 30.5 Å². The largest absolute Gasteiger partial charge is 0.390 e. The van der Waals surface area contributed by atoms with E-state index in [2.05, 4.69) is 41.7 Å². The minimum atomic E-state index is 0.482. The number of allylic oxidation sites excluding steroid dienone is 5. The third-order valence-electron chi connectivity index (χ3n) is 2.25. The predicted molar refractivity (Wildman–Crippen MR) is 85.5 cm³/mol. The van der Waals surface area contributed by atoms with Crippen molar-refractivity contribution in [1.29, 1.82) is 0 Å². The van der Waals surface area contributed by atoms with Gasteiger partial charge in [-0.15, -0.1) is 12.6 Å². The fraction of sp³-hybridized carbons (Fsp3) is 0.143. The highest BCUT2D eigenvalue weighted by Crippen LogP contribution is 2.11. The molecule has 1 aliphatic rings. The van der Waals surface area contributed by atoms with E-state index in [1.807, 2.05) is 18.2 Å². The molecule has 100 valence electrons. The average Bonchev–Trinajstić information content (AvgIpc) is 2.58. The lowest BCUT2D eigenvalue weighted by Gasteiger charge is -1.91. The topological polar surface area (TPSA) is 77.3 Å². The van der Waals surface area contributed by atoms with Gasteiger partial charge in [-0.25, -0.2) is 9.98 Å². The van der Waals surface area contributed by atoms with E-state index in [0.29, 0.717) is 17.4 Å². The molecule has 1 aliphatic carbocycles. The van der Waals surface area contributed by atoms with Gasteiger partial charge >= 0.3 is 0 Å². The lowest BCUT2D eigenvalue weighted by atomic mass is 10.2. The fourth-order valence-corrected chi connectivity index (χ4v) is 1.43. The average molecular weight is 274 g/mol. The molecule has 0 spiro atoms. The first kappa shape index (κ1) is 15.0. The summed E-state index contributed by atoms with van der Waals surface area (Å²) in [5, 5.41) is 0. The molecule has 0 aliphatic heterocycles. The molecule has 1 unspecified atom stereocenters. The van der Waals surface area contributed by atoms with Gasteiger partial charge in [-0.2, -0.15) is 0 Å². The van der Waals surface area contributed by atoms with Crippen molar-refractivity contribution in [2.75, 3.05) is 5.73 Å². The van der Waals surface area contributed by atoms with Crippen LogP contribution in [0, 0.1) is 5.92 Å². The lowest BCUT2D eigenvalue weighted by molar-refractivity contribution is 0.942. The molecule has 2 rings (SSSR count). The number of anilines is 1. The molecule has 1 aromatic rings. The lowest BCUT2D eigenvalue weighted by Crippen LogP contribution is -1.89. The Morgan fingerprint density at radius 1 is 1.37 bits per heavy atom. The number of hydrogen-bond donors (Lipinski definition) is 3. The van der Waals surface area contributed by atoms with Crippen LogP contribution in [0.25, 0.3) is 0 Å². The first-order valence-corrected chi connectivity index (χ1v) is 6.28. The van der Waals surface area contributed by atoms with Gasteiger partial charge in [-0.1, -0.05) is 31.2 Å². The number of aromatic nitrogens is 1. The number of thiol groups is 1. The summed E-state index contributed by atoms with van der Waals surface area (Å²) in [6.45, 7) is 2.15. The summed E-state index contributed by atoms with van der Waals surface area (Å²) < 4.78 is 0. The van der Waals surface area contributed by atoms with Gasteiger partial charge < -0.3 is 11.5 Å². The molecule has 1 heterocycles. The maximum Gasteiger partial charge on any atom is 0.123 e. The Labute approximate surface area is 119 Å². The van der Waals surface area contributed by atoms with Crippen molar-refractivity contribution in [3.05, 3.63) is 53.6 Å². The SMILES string of the molecule is CC1C=CC=C(S)C=C1.NC=Nc1ccc(N)nc1. The van der Waals surface area contributed by atoms with Crippen LogP contribution in [0.1, 0.15) is 6.92 Å². The second-order valence-electron chi connectivity index (χ2n) is 3.91. The highest BCUT2D eigenvalue weighted by Gasteiger charge is 1.91. The molecular formula is C14H18N4S. The Hall–Kier alpha value is -2.01. The zero-order chi connectivity index (χ0) is 14.1. The van der Waals surface area contributed by atoms with Gasteiger partial charge in [-0.05, 0) is 24.1 Å². The van der Waals surface area contributed by atoms with Crippen LogP contribution >= 0.6 is 12.6 Å². The van der Waals surface area contributed by atoms with E-state index in [-0.39, 0.29) is 0 Å². The van der Waals surface area contributed by atoms with Gasteiger partial charge in [0, 0.05) is 4.91 Å². The van der Waals surface area contributed by atoms with Crippen LogP contribution in [0.15, 0.2) is 58.6 Å². The summed E-state index contributed by atoms with van der Waals surface area (Å²) in [6, 6.07) is 3.41. The molecule has 0 saturated heterocycles. The molecule has 4 nitrogen and oxygen atoms in total. The Balaban J connectivity index is 0.000000191. The van der Waals surface area contributed by atoms with E-state index in [1.165, 1.54) is 6.34 Å². The van der Waals surface area contributed by atoms with Crippen LogP contribution < -0.4 is 11.5 Å². The molecule has 5 heteroatoms. The normalized spacial score (nSPS) is 17.6. The first-order valence-electron chi connectivity index (χ1n) is 5.83. The molecule has 0 bridgehead atoms. The van der Waals surface area contributed by atoms with Crippen LogP contribution in [0.2, 0.25) is 0 Å². The van der Waals surface area contributed by atoms with E-state index in [0.717, 1.165) is 4.91 Å². The van der Waals surface area contributed by atoms with E-state index >= 15 is 0 Å².